The van der Waals surface area contributed by atoms with Gasteiger partial charge in [-0.1, -0.05) is 55.7 Å². The zero-order chi connectivity index (χ0) is 38.8. The maximum atomic E-state index is 14.1. The first kappa shape index (κ1) is 35.5. The van der Waals surface area contributed by atoms with Crippen LogP contribution in [0.2, 0.25) is 0 Å². The van der Waals surface area contributed by atoms with Crippen LogP contribution < -0.4 is 0 Å². The summed E-state index contributed by atoms with van der Waals surface area (Å²) < 4.78 is 4.16. The summed E-state index contributed by atoms with van der Waals surface area (Å²) in [6.45, 7) is 4.39. The van der Waals surface area contributed by atoms with Gasteiger partial charge in [0.15, 0.2) is 0 Å². The van der Waals surface area contributed by atoms with Crippen LogP contribution in [0.1, 0.15) is 88.5 Å². The Morgan fingerprint density at radius 2 is 1.40 bits per heavy atom. The summed E-state index contributed by atoms with van der Waals surface area (Å²) in [5.74, 6) is 1.50. The van der Waals surface area contributed by atoms with E-state index in [2.05, 4.69) is 64.2 Å². The van der Waals surface area contributed by atoms with Crippen LogP contribution in [-0.2, 0) is 19.6 Å². The molecule has 57 heavy (non-hydrogen) atoms. The van der Waals surface area contributed by atoms with E-state index in [0.717, 1.165) is 105 Å². The molecule has 0 bridgehead atoms. The summed E-state index contributed by atoms with van der Waals surface area (Å²) in [5.41, 5.74) is 12.3. The minimum absolute atomic E-state index is 0.00864. The maximum Gasteiger partial charge on any atom is 0.254 e. The molecule has 6 heterocycles. The van der Waals surface area contributed by atoms with E-state index >= 15 is 0 Å². The second-order valence-corrected chi connectivity index (χ2v) is 16.9. The summed E-state index contributed by atoms with van der Waals surface area (Å²) in [6.07, 6.45) is 18.4. The van der Waals surface area contributed by atoms with Crippen molar-refractivity contribution in [1.29, 1.82) is 0 Å². The lowest BCUT2D eigenvalue weighted by Crippen LogP contribution is -2.31. The van der Waals surface area contributed by atoms with Crippen molar-refractivity contribution in [2.75, 3.05) is 14.1 Å². The van der Waals surface area contributed by atoms with Gasteiger partial charge in [0.05, 0.1) is 29.8 Å². The SMILES string of the molecule is Cc1ccc(-c2cnn(CC3CCCC3)c2)c(-c2ccc3c(c2)C(=O)N(C)C3C2CCCC2Cn2cc(-c3cccnc3-c3ccc4c(c3)C(=O)N(C)C4)cn2)n1. The van der Waals surface area contributed by atoms with Crippen molar-refractivity contribution in [1.82, 2.24) is 39.3 Å². The van der Waals surface area contributed by atoms with Crippen LogP contribution in [0, 0.1) is 24.7 Å². The van der Waals surface area contributed by atoms with Gasteiger partial charge >= 0.3 is 0 Å². The Morgan fingerprint density at radius 3 is 2.21 bits per heavy atom. The second kappa shape index (κ2) is 14.2. The molecule has 2 saturated carbocycles. The molecule has 3 unspecified atom stereocenters. The summed E-state index contributed by atoms with van der Waals surface area (Å²) in [7, 11) is 3.81. The fraction of sp³-hybridized carbons (Fsp3) is 0.362. The third kappa shape index (κ3) is 6.35. The fourth-order valence-corrected chi connectivity index (χ4v) is 10.3. The second-order valence-electron chi connectivity index (χ2n) is 16.9. The molecule has 2 fully saturated rings. The highest BCUT2D eigenvalue weighted by molar-refractivity contribution is 6.01. The molecule has 2 amide bonds. The van der Waals surface area contributed by atoms with Gasteiger partial charge in [-0.25, -0.2) is 0 Å². The number of amides is 2. The van der Waals surface area contributed by atoms with Gasteiger partial charge in [0.2, 0.25) is 0 Å². The standard InChI is InChI=1S/C47H48N8O2/c1-29-13-17-38(36-23-49-54(27-36)24-30-8-4-5-9-30)44(51-29)32-16-18-40-42(21-32)47(57)53(3)45(40)39-11-6-10-33(39)26-55-28-35(22-50-55)37-12-7-19-48-43(37)31-14-15-34-25-52(2)46(56)41(34)20-31/h7,12-23,27-28,30,33,39,45H,4-6,8-11,24-26H2,1-3H3. The molecule has 2 aliphatic carbocycles. The number of hydrogen-bond acceptors (Lipinski definition) is 6. The van der Waals surface area contributed by atoms with E-state index in [4.69, 9.17) is 20.2 Å². The largest absolute Gasteiger partial charge is 0.337 e. The molecule has 0 saturated heterocycles. The van der Waals surface area contributed by atoms with Crippen molar-refractivity contribution in [3.8, 4) is 44.8 Å². The Bertz CT molecular complexity index is 2530. The van der Waals surface area contributed by atoms with Crippen LogP contribution in [0.15, 0.2) is 91.6 Å². The summed E-state index contributed by atoms with van der Waals surface area (Å²) in [4.78, 5) is 40.4. The summed E-state index contributed by atoms with van der Waals surface area (Å²) in [5, 5.41) is 9.60. The molecule has 288 valence electrons. The third-order valence-corrected chi connectivity index (χ3v) is 13.2. The number of aryl methyl sites for hydroxylation is 1. The number of carbonyl (C=O) groups excluding carboxylic acids is 2. The number of fused-ring (bicyclic) bond motifs is 2. The highest BCUT2D eigenvalue weighted by Crippen LogP contribution is 2.49. The van der Waals surface area contributed by atoms with Crippen molar-refractivity contribution in [3.63, 3.8) is 0 Å². The van der Waals surface area contributed by atoms with Crippen molar-refractivity contribution in [2.45, 2.75) is 77.5 Å². The van der Waals surface area contributed by atoms with Crippen LogP contribution >= 0.6 is 0 Å². The Morgan fingerprint density at radius 1 is 0.684 bits per heavy atom. The smallest absolute Gasteiger partial charge is 0.254 e. The predicted molar refractivity (Wildman–Crippen MR) is 220 cm³/mol. The lowest BCUT2D eigenvalue weighted by atomic mass is 9.84. The maximum absolute atomic E-state index is 14.1. The van der Waals surface area contributed by atoms with Gasteiger partial charge in [-0.3, -0.25) is 28.9 Å². The molecule has 2 aromatic carbocycles. The molecule has 10 heteroatoms. The first-order valence-electron chi connectivity index (χ1n) is 20.6. The molecule has 2 aliphatic heterocycles. The van der Waals surface area contributed by atoms with Gasteiger partial charge in [-0.15, -0.1) is 0 Å². The van der Waals surface area contributed by atoms with E-state index < -0.39 is 0 Å². The topological polar surface area (TPSA) is 102 Å². The van der Waals surface area contributed by atoms with Crippen LogP contribution in [0.25, 0.3) is 44.8 Å². The minimum Gasteiger partial charge on any atom is -0.337 e. The van der Waals surface area contributed by atoms with E-state index in [-0.39, 0.29) is 17.9 Å². The first-order valence-corrected chi connectivity index (χ1v) is 20.6. The van der Waals surface area contributed by atoms with E-state index in [9.17, 15) is 9.59 Å². The molecule has 6 aromatic rings. The average Bonchev–Trinajstić information content (AvgIpc) is 4.10. The van der Waals surface area contributed by atoms with Crippen molar-refractivity contribution < 1.29 is 9.59 Å². The quantitative estimate of drug-likeness (QED) is 0.146. The number of hydrogen-bond donors (Lipinski definition) is 0. The molecular formula is C47H48N8O2. The first-order chi connectivity index (χ1) is 27.8. The number of pyridine rings is 2. The molecule has 0 N–H and O–H groups in total. The van der Waals surface area contributed by atoms with Gasteiger partial charge in [0, 0.05) is 103 Å². The highest BCUT2D eigenvalue weighted by atomic mass is 16.2. The predicted octanol–water partition coefficient (Wildman–Crippen LogP) is 8.87. The van der Waals surface area contributed by atoms with E-state index in [1.165, 1.54) is 25.7 Å². The highest BCUT2D eigenvalue weighted by Gasteiger charge is 2.44. The third-order valence-electron chi connectivity index (χ3n) is 13.2. The Kier molecular flexibility index (Phi) is 8.87. The fourth-order valence-electron chi connectivity index (χ4n) is 10.3. The Labute approximate surface area is 333 Å². The zero-order valence-corrected chi connectivity index (χ0v) is 32.9. The average molecular weight is 757 g/mol. The molecule has 0 radical (unpaired) electrons. The summed E-state index contributed by atoms with van der Waals surface area (Å²) in [6, 6.07) is 20.7. The molecular weight excluding hydrogens is 709 g/mol. The van der Waals surface area contributed by atoms with Gasteiger partial charge in [-0.05, 0) is 85.8 Å². The molecule has 10 rings (SSSR count). The Hall–Kier alpha value is -5.90. The molecule has 0 spiro atoms. The van der Waals surface area contributed by atoms with Gasteiger partial charge in [-0.2, -0.15) is 10.2 Å². The lowest BCUT2D eigenvalue weighted by molar-refractivity contribution is 0.0694. The molecule has 10 nitrogen and oxygen atoms in total. The zero-order valence-electron chi connectivity index (χ0n) is 32.9. The van der Waals surface area contributed by atoms with E-state index in [1.807, 2.05) is 56.5 Å². The molecule has 4 aliphatic rings. The van der Waals surface area contributed by atoms with Crippen molar-refractivity contribution in [2.24, 2.45) is 17.8 Å². The lowest BCUT2D eigenvalue weighted by Gasteiger charge is -2.31. The Balaban J connectivity index is 0.898. The van der Waals surface area contributed by atoms with Crippen LogP contribution in [0.3, 0.4) is 0 Å². The van der Waals surface area contributed by atoms with Gasteiger partial charge in [0.25, 0.3) is 11.8 Å². The normalized spacial score (nSPS) is 20.6. The van der Waals surface area contributed by atoms with Crippen molar-refractivity contribution in [3.05, 3.63) is 120 Å². The summed E-state index contributed by atoms with van der Waals surface area (Å²) >= 11 is 0. The van der Waals surface area contributed by atoms with Crippen molar-refractivity contribution >= 4 is 11.8 Å². The number of rotatable bonds is 9. The minimum atomic E-state index is 0.00864. The number of aromatic nitrogens is 6. The van der Waals surface area contributed by atoms with Gasteiger partial charge < -0.3 is 9.80 Å². The number of carbonyl (C=O) groups is 2. The monoisotopic (exact) mass is 756 g/mol. The van der Waals surface area contributed by atoms with Crippen LogP contribution in [0.4, 0.5) is 0 Å². The molecule has 3 atom stereocenters. The number of benzene rings is 2. The van der Waals surface area contributed by atoms with Crippen LogP contribution in [-0.4, -0.2) is 65.2 Å². The van der Waals surface area contributed by atoms with E-state index in [1.54, 1.807) is 11.1 Å². The van der Waals surface area contributed by atoms with Gasteiger partial charge in [0.1, 0.15) is 0 Å². The van der Waals surface area contributed by atoms with Crippen LogP contribution in [0.5, 0.6) is 0 Å². The molecule has 4 aromatic heterocycles. The van der Waals surface area contributed by atoms with E-state index in [0.29, 0.717) is 24.3 Å². The number of nitrogens with zero attached hydrogens (tertiary/aromatic N) is 8.